The molecule has 0 aromatic heterocycles. The third-order valence-electron chi connectivity index (χ3n) is 4.55. The number of hydrogen-bond acceptors (Lipinski definition) is 4. The highest BCUT2D eigenvalue weighted by atomic mass is 16.6. The second-order valence-electron chi connectivity index (χ2n) is 5.59. The van der Waals surface area contributed by atoms with Crippen molar-refractivity contribution in [3.63, 3.8) is 0 Å². The lowest BCUT2D eigenvalue weighted by Crippen LogP contribution is -2.34. The molecule has 0 bridgehead atoms. The molecule has 0 amide bonds. The quantitative estimate of drug-likeness (QED) is 0.504. The molecule has 1 aliphatic carbocycles. The predicted molar refractivity (Wildman–Crippen MR) is 75.2 cm³/mol. The van der Waals surface area contributed by atoms with Gasteiger partial charge in [-0.15, -0.1) is 0 Å². The lowest BCUT2D eigenvalue weighted by atomic mass is 9.85. The van der Waals surface area contributed by atoms with Gasteiger partial charge in [0.05, 0.1) is 4.92 Å². The first-order chi connectivity index (χ1) is 9.16. The average molecular weight is 261 g/mol. The van der Waals surface area contributed by atoms with E-state index in [-0.39, 0.29) is 11.4 Å². The van der Waals surface area contributed by atoms with Gasteiger partial charge < -0.3 is 10.6 Å². The first-order valence-electron chi connectivity index (χ1n) is 6.97. The van der Waals surface area contributed by atoms with Crippen molar-refractivity contribution in [2.45, 2.75) is 38.1 Å². The highest BCUT2D eigenvalue weighted by molar-refractivity contribution is 5.67. The van der Waals surface area contributed by atoms with Crippen molar-refractivity contribution in [3.05, 3.63) is 28.3 Å². The monoisotopic (exact) mass is 261 g/mol. The molecule has 2 atom stereocenters. The zero-order chi connectivity index (χ0) is 13.4. The maximum absolute atomic E-state index is 10.8. The van der Waals surface area contributed by atoms with E-state index in [0.717, 1.165) is 18.2 Å². The molecule has 5 heteroatoms. The third kappa shape index (κ3) is 2.13. The normalized spacial score (nSPS) is 26.2. The summed E-state index contributed by atoms with van der Waals surface area (Å²) in [5, 5.41) is 10.8. The molecular formula is C14H19N3O2. The second kappa shape index (κ2) is 4.72. The van der Waals surface area contributed by atoms with E-state index >= 15 is 0 Å². The molecule has 2 N–H and O–H groups in total. The Morgan fingerprint density at radius 2 is 2.05 bits per heavy atom. The first-order valence-corrected chi connectivity index (χ1v) is 6.97. The summed E-state index contributed by atoms with van der Waals surface area (Å²) in [5.41, 5.74) is 7.10. The van der Waals surface area contributed by atoms with Crippen molar-refractivity contribution >= 4 is 17.1 Å². The SMILES string of the molecule is Nc1cc(N2CCC3CCCCC32)ccc1[N+](=O)[O-]. The Bertz CT molecular complexity index is 503. The van der Waals surface area contributed by atoms with E-state index in [1.54, 1.807) is 6.07 Å². The number of hydrogen-bond donors (Lipinski definition) is 1. The summed E-state index contributed by atoms with van der Waals surface area (Å²) in [6.45, 7) is 1.05. The molecule has 1 aromatic carbocycles. The van der Waals surface area contributed by atoms with Crippen LogP contribution in [0, 0.1) is 16.0 Å². The van der Waals surface area contributed by atoms with E-state index in [9.17, 15) is 10.1 Å². The molecule has 3 rings (SSSR count). The van der Waals surface area contributed by atoms with Gasteiger partial charge in [-0.1, -0.05) is 12.8 Å². The molecule has 0 spiro atoms. The molecule has 1 heterocycles. The topological polar surface area (TPSA) is 72.4 Å². The fraction of sp³-hybridized carbons (Fsp3) is 0.571. The van der Waals surface area contributed by atoms with Gasteiger partial charge >= 0.3 is 0 Å². The van der Waals surface area contributed by atoms with Crippen LogP contribution in [0.15, 0.2) is 18.2 Å². The first kappa shape index (κ1) is 12.3. The largest absolute Gasteiger partial charge is 0.393 e. The van der Waals surface area contributed by atoms with Gasteiger partial charge in [0.2, 0.25) is 0 Å². The van der Waals surface area contributed by atoms with E-state index in [0.29, 0.717) is 6.04 Å². The summed E-state index contributed by atoms with van der Waals surface area (Å²) < 4.78 is 0. The van der Waals surface area contributed by atoms with Crippen molar-refractivity contribution < 1.29 is 4.92 Å². The number of fused-ring (bicyclic) bond motifs is 1. The van der Waals surface area contributed by atoms with Crippen molar-refractivity contribution in [1.29, 1.82) is 0 Å². The zero-order valence-electron chi connectivity index (χ0n) is 10.9. The molecule has 5 nitrogen and oxygen atoms in total. The van der Waals surface area contributed by atoms with Crippen molar-refractivity contribution in [2.24, 2.45) is 5.92 Å². The summed E-state index contributed by atoms with van der Waals surface area (Å²) in [6.07, 6.45) is 6.43. The summed E-state index contributed by atoms with van der Waals surface area (Å²) >= 11 is 0. The fourth-order valence-corrected chi connectivity index (χ4v) is 3.61. The van der Waals surface area contributed by atoms with Crippen LogP contribution in [0.4, 0.5) is 17.1 Å². The lowest BCUT2D eigenvalue weighted by Gasteiger charge is -2.33. The summed E-state index contributed by atoms with van der Waals surface area (Å²) in [4.78, 5) is 12.8. The second-order valence-corrected chi connectivity index (χ2v) is 5.59. The molecule has 0 radical (unpaired) electrons. The number of nitrogens with zero attached hydrogens (tertiary/aromatic N) is 2. The number of nitrogens with two attached hydrogens (primary N) is 1. The van der Waals surface area contributed by atoms with E-state index in [4.69, 9.17) is 5.73 Å². The Morgan fingerprint density at radius 1 is 1.26 bits per heavy atom. The number of rotatable bonds is 2. The smallest absolute Gasteiger partial charge is 0.292 e. The van der Waals surface area contributed by atoms with Crippen LogP contribution < -0.4 is 10.6 Å². The van der Waals surface area contributed by atoms with Crippen molar-refractivity contribution in [3.8, 4) is 0 Å². The Labute approximate surface area is 112 Å². The van der Waals surface area contributed by atoms with Crippen LogP contribution in [0.5, 0.6) is 0 Å². The molecule has 19 heavy (non-hydrogen) atoms. The van der Waals surface area contributed by atoms with Gasteiger partial charge in [0, 0.05) is 24.3 Å². The lowest BCUT2D eigenvalue weighted by molar-refractivity contribution is -0.383. The Hall–Kier alpha value is -1.78. The molecule has 2 unspecified atom stereocenters. The number of nitro groups is 1. The van der Waals surface area contributed by atoms with Crippen LogP contribution in [-0.2, 0) is 0 Å². The minimum absolute atomic E-state index is 0.00291. The number of nitro benzene ring substituents is 1. The standard InChI is InChI=1S/C14H19N3O2/c15-12-9-11(5-6-14(12)17(18)19)16-8-7-10-3-1-2-4-13(10)16/h5-6,9-10,13H,1-4,7-8,15H2. The molecule has 2 fully saturated rings. The van der Waals surface area contributed by atoms with Crippen LogP contribution in [0.25, 0.3) is 0 Å². The highest BCUT2D eigenvalue weighted by Crippen LogP contribution is 2.40. The van der Waals surface area contributed by atoms with E-state index < -0.39 is 4.92 Å². The molecule has 102 valence electrons. The summed E-state index contributed by atoms with van der Waals surface area (Å²) in [7, 11) is 0. The van der Waals surface area contributed by atoms with E-state index in [1.807, 2.05) is 6.07 Å². The third-order valence-corrected chi connectivity index (χ3v) is 4.55. The minimum Gasteiger partial charge on any atom is -0.393 e. The van der Waals surface area contributed by atoms with Gasteiger partial charge in [-0.3, -0.25) is 10.1 Å². The van der Waals surface area contributed by atoms with Crippen LogP contribution in [-0.4, -0.2) is 17.5 Å². The number of nitrogen functional groups attached to an aromatic ring is 1. The van der Waals surface area contributed by atoms with E-state index in [2.05, 4.69) is 4.90 Å². The van der Waals surface area contributed by atoms with Gasteiger partial charge in [-0.2, -0.15) is 0 Å². The minimum atomic E-state index is -0.424. The average Bonchev–Trinajstić information content (AvgIpc) is 2.82. The molecule has 2 aliphatic rings. The Balaban J connectivity index is 1.86. The molecule has 1 saturated carbocycles. The molecular weight excluding hydrogens is 242 g/mol. The van der Waals surface area contributed by atoms with Crippen LogP contribution >= 0.6 is 0 Å². The van der Waals surface area contributed by atoms with Gasteiger partial charge in [0.25, 0.3) is 5.69 Å². The predicted octanol–water partition coefficient (Wildman–Crippen LogP) is 2.95. The Kier molecular flexibility index (Phi) is 3.05. The Morgan fingerprint density at radius 3 is 2.79 bits per heavy atom. The van der Waals surface area contributed by atoms with Gasteiger partial charge in [0.15, 0.2) is 0 Å². The van der Waals surface area contributed by atoms with Crippen LogP contribution in [0.1, 0.15) is 32.1 Å². The van der Waals surface area contributed by atoms with Crippen LogP contribution in [0.3, 0.4) is 0 Å². The molecule has 1 aromatic rings. The maximum atomic E-state index is 10.8. The summed E-state index contributed by atoms with van der Waals surface area (Å²) in [5.74, 6) is 0.796. The van der Waals surface area contributed by atoms with Gasteiger partial charge in [-0.05, 0) is 37.3 Å². The number of anilines is 2. The van der Waals surface area contributed by atoms with Crippen molar-refractivity contribution in [2.75, 3.05) is 17.2 Å². The fourth-order valence-electron chi connectivity index (χ4n) is 3.61. The number of benzene rings is 1. The van der Waals surface area contributed by atoms with E-state index in [1.165, 1.54) is 38.2 Å². The molecule has 1 aliphatic heterocycles. The zero-order valence-corrected chi connectivity index (χ0v) is 10.9. The van der Waals surface area contributed by atoms with Crippen LogP contribution in [0.2, 0.25) is 0 Å². The molecule has 1 saturated heterocycles. The highest BCUT2D eigenvalue weighted by Gasteiger charge is 2.35. The summed E-state index contributed by atoms with van der Waals surface area (Å²) in [6, 6.07) is 5.73. The maximum Gasteiger partial charge on any atom is 0.292 e. The van der Waals surface area contributed by atoms with Gasteiger partial charge in [0.1, 0.15) is 5.69 Å². The van der Waals surface area contributed by atoms with Crippen molar-refractivity contribution in [1.82, 2.24) is 0 Å². The van der Waals surface area contributed by atoms with Gasteiger partial charge in [-0.25, -0.2) is 0 Å².